The minimum Gasteiger partial charge on any atom is -0.295 e. The molecule has 112 valence electrons. The maximum atomic E-state index is 12.1. The molecule has 0 aromatic heterocycles. The maximum absolute atomic E-state index is 12.1. The zero-order chi connectivity index (χ0) is 15.2. The average Bonchev–Trinajstić information content (AvgIpc) is 2.50. The fourth-order valence-electron chi connectivity index (χ4n) is 3.02. The second-order valence-corrected chi connectivity index (χ2v) is 5.87. The van der Waals surface area contributed by atoms with E-state index < -0.39 is 0 Å². The van der Waals surface area contributed by atoms with Crippen molar-refractivity contribution in [1.29, 1.82) is 0 Å². The van der Waals surface area contributed by atoms with Gasteiger partial charge in [0, 0.05) is 5.56 Å². The molecule has 1 heteroatoms. The van der Waals surface area contributed by atoms with Crippen LogP contribution in [0.2, 0.25) is 0 Å². The second kappa shape index (κ2) is 7.40. The Balaban J connectivity index is 2.63. The minimum absolute atomic E-state index is 0.199. The Kier molecular flexibility index (Phi) is 5.55. The predicted octanol–water partition coefficient (Wildman–Crippen LogP) is 5.73. The van der Waals surface area contributed by atoms with Crippen molar-refractivity contribution in [2.24, 2.45) is 0 Å². The van der Waals surface area contributed by atoms with Crippen LogP contribution in [0.4, 0.5) is 0 Å². The highest BCUT2D eigenvalue weighted by Gasteiger charge is 2.14. The quantitative estimate of drug-likeness (QED) is 0.593. The van der Waals surface area contributed by atoms with Gasteiger partial charge in [-0.3, -0.25) is 4.79 Å². The van der Waals surface area contributed by atoms with Crippen molar-refractivity contribution >= 4 is 16.6 Å². The Labute approximate surface area is 128 Å². The molecule has 0 aliphatic rings. The van der Waals surface area contributed by atoms with Crippen LogP contribution in [0, 0.1) is 0 Å². The van der Waals surface area contributed by atoms with E-state index in [2.05, 4.69) is 44.2 Å². The number of carbonyl (C=O) groups is 1. The van der Waals surface area contributed by atoms with Crippen molar-refractivity contribution < 1.29 is 4.79 Å². The van der Waals surface area contributed by atoms with E-state index in [4.69, 9.17) is 0 Å². The first-order valence-electron chi connectivity index (χ1n) is 8.23. The summed E-state index contributed by atoms with van der Waals surface area (Å²) in [5.41, 5.74) is 3.52. The van der Waals surface area contributed by atoms with Crippen LogP contribution in [0.3, 0.4) is 0 Å². The molecule has 0 saturated heterocycles. The van der Waals surface area contributed by atoms with Gasteiger partial charge in [0.25, 0.3) is 0 Å². The van der Waals surface area contributed by atoms with Crippen molar-refractivity contribution in [1.82, 2.24) is 0 Å². The fourth-order valence-corrected chi connectivity index (χ4v) is 3.02. The molecule has 0 amide bonds. The summed E-state index contributed by atoms with van der Waals surface area (Å²) in [5, 5.41) is 2.62. The van der Waals surface area contributed by atoms with Crippen molar-refractivity contribution in [2.75, 3.05) is 0 Å². The molecular weight excluding hydrogens is 256 g/mol. The molecule has 0 spiro atoms. The van der Waals surface area contributed by atoms with E-state index in [1.54, 1.807) is 6.92 Å². The summed E-state index contributed by atoms with van der Waals surface area (Å²) in [4.78, 5) is 12.1. The van der Waals surface area contributed by atoms with E-state index >= 15 is 0 Å². The van der Waals surface area contributed by atoms with Crippen LogP contribution >= 0.6 is 0 Å². The highest BCUT2D eigenvalue weighted by molar-refractivity contribution is 6.02. The third-order valence-electron chi connectivity index (χ3n) is 4.20. The number of benzene rings is 2. The molecule has 0 bridgehead atoms. The van der Waals surface area contributed by atoms with Gasteiger partial charge in [-0.1, -0.05) is 51.0 Å². The van der Waals surface area contributed by atoms with Gasteiger partial charge >= 0.3 is 0 Å². The number of carbonyl (C=O) groups excluding carboxylic acids is 1. The summed E-state index contributed by atoms with van der Waals surface area (Å²) in [7, 11) is 0. The Bertz CT molecular complexity index is 625. The molecule has 0 atom stereocenters. The lowest BCUT2D eigenvalue weighted by Gasteiger charge is -2.15. The zero-order valence-corrected chi connectivity index (χ0v) is 13.5. The van der Waals surface area contributed by atoms with Gasteiger partial charge in [0.15, 0.2) is 5.78 Å². The van der Waals surface area contributed by atoms with E-state index in [-0.39, 0.29) is 5.78 Å². The molecule has 0 aliphatic heterocycles. The van der Waals surface area contributed by atoms with E-state index in [0.29, 0.717) is 0 Å². The lowest BCUT2D eigenvalue weighted by atomic mass is 9.89. The molecule has 2 aromatic carbocycles. The minimum atomic E-state index is 0.199. The van der Waals surface area contributed by atoms with E-state index in [0.717, 1.165) is 31.2 Å². The summed E-state index contributed by atoms with van der Waals surface area (Å²) in [6.45, 7) is 6.11. The molecule has 0 radical (unpaired) electrons. The number of unbranched alkanes of at least 4 members (excludes halogenated alkanes) is 2. The van der Waals surface area contributed by atoms with Gasteiger partial charge in [-0.2, -0.15) is 0 Å². The first-order valence-corrected chi connectivity index (χ1v) is 8.23. The van der Waals surface area contributed by atoms with Gasteiger partial charge in [-0.15, -0.1) is 0 Å². The molecule has 1 nitrogen and oxygen atoms in total. The summed E-state index contributed by atoms with van der Waals surface area (Å²) in [6.07, 6.45) is 6.71. The van der Waals surface area contributed by atoms with Crippen molar-refractivity contribution in [2.45, 2.75) is 59.3 Å². The number of aryl methyl sites for hydroxylation is 2. The highest BCUT2D eigenvalue weighted by atomic mass is 16.1. The van der Waals surface area contributed by atoms with E-state index in [1.165, 1.54) is 34.7 Å². The van der Waals surface area contributed by atoms with E-state index in [1.807, 2.05) is 0 Å². The lowest BCUT2D eigenvalue weighted by molar-refractivity contribution is 0.101. The Morgan fingerprint density at radius 1 is 0.952 bits per heavy atom. The highest BCUT2D eigenvalue weighted by Crippen LogP contribution is 2.29. The number of hydrogen-bond acceptors (Lipinski definition) is 1. The topological polar surface area (TPSA) is 17.1 Å². The zero-order valence-electron chi connectivity index (χ0n) is 13.5. The van der Waals surface area contributed by atoms with Crippen LogP contribution in [0.25, 0.3) is 10.8 Å². The van der Waals surface area contributed by atoms with Gasteiger partial charge in [-0.25, -0.2) is 0 Å². The largest absolute Gasteiger partial charge is 0.295 e. The van der Waals surface area contributed by atoms with Gasteiger partial charge in [-0.05, 0) is 60.6 Å². The van der Waals surface area contributed by atoms with Gasteiger partial charge in [0.05, 0.1) is 0 Å². The van der Waals surface area contributed by atoms with Crippen LogP contribution in [-0.2, 0) is 12.8 Å². The molecule has 0 fully saturated rings. The van der Waals surface area contributed by atoms with Gasteiger partial charge < -0.3 is 0 Å². The molecule has 0 heterocycles. The molecule has 0 N–H and O–H groups in total. The average molecular weight is 282 g/mol. The monoisotopic (exact) mass is 282 g/mol. The Morgan fingerprint density at radius 2 is 1.57 bits per heavy atom. The summed E-state index contributed by atoms with van der Waals surface area (Å²) < 4.78 is 0. The molecule has 0 unspecified atom stereocenters. The summed E-state index contributed by atoms with van der Waals surface area (Å²) >= 11 is 0. The number of ketones is 1. The fraction of sp³-hybridized carbons (Fsp3) is 0.450. The van der Waals surface area contributed by atoms with Crippen LogP contribution < -0.4 is 0 Å². The van der Waals surface area contributed by atoms with E-state index in [9.17, 15) is 4.79 Å². The number of hydrogen-bond donors (Lipinski definition) is 0. The molecule has 0 aliphatic carbocycles. The van der Waals surface area contributed by atoms with Gasteiger partial charge in [0.2, 0.25) is 0 Å². The smallest absolute Gasteiger partial charge is 0.160 e. The number of Topliss-reactive ketones (excluding diaryl/α,β-unsaturated/α-hetero) is 1. The molecular formula is C20H26O. The SMILES string of the molecule is CCCCc1cc(C(C)=O)c(CCCC)c2ccccc12. The Hall–Kier alpha value is -1.63. The summed E-state index contributed by atoms with van der Waals surface area (Å²) in [6, 6.07) is 10.7. The van der Waals surface area contributed by atoms with Crippen LogP contribution in [0.15, 0.2) is 30.3 Å². The predicted molar refractivity (Wildman–Crippen MR) is 91.2 cm³/mol. The molecule has 2 aromatic rings. The third kappa shape index (κ3) is 3.53. The first kappa shape index (κ1) is 15.8. The van der Waals surface area contributed by atoms with Crippen LogP contribution in [0.5, 0.6) is 0 Å². The lowest BCUT2D eigenvalue weighted by Crippen LogP contribution is -2.04. The van der Waals surface area contributed by atoms with Crippen molar-refractivity contribution in [3.63, 3.8) is 0 Å². The van der Waals surface area contributed by atoms with Crippen LogP contribution in [0.1, 0.15) is 67.9 Å². The van der Waals surface area contributed by atoms with Crippen molar-refractivity contribution in [3.05, 3.63) is 47.0 Å². The number of fused-ring (bicyclic) bond motifs is 1. The molecule has 2 rings (SSSR count). The second-order valence-electron chi connectivity index (χ2n) is 5.87. The normalized spacial score (nSPS) is 11.0. The first-order chi connectivity index (χ1) is 10.2. The van der Waals surface area contributed by atoms with Crippen molar-refractivity contribution in [3.8, 4) is 0 Å². The third-order valence-corrected chi connectivity index (χ3v) is 4.20. The summed E-state index contributed by atoms with van der Waals surface area (Å²) in [5.74, 6) is 0.199. The molecule has 21 heavy (non-hydrogen) atoms. The van der Waals surface area contributed by atoms with Gasteiger partial charge in [0.1, 0.15) is 0 Å². The maximum Gasteiger partial charge on any atom is 0.160 e. The van der Waals surface area contributed by atoms with Crippen LogP contribution in [-0.4, -0.2) is 5.78 Å². The Morgan fingerprint density at radius 3 is 2.19 bits per heavy atom. The number of rotatable bonds is 7. The standard InChI is InChI=1S/C20H26O/c1-4-6-10-16-14-20(15(3)21)19(11-7-5-2)18-13-9-8-12-17(16)18/h8-9,12-14H,4-7,10-11H2,1-3H3. The molecule has 0 saturated carbocycles.